The third kappa shape index (κ3) is 15.5. The Labute approximate surface area is 332 Å². The van der Waals surface area contributed by atoms with E-state index in [4.69, 9.17) is 23.7 Å². The van der Waals surface area contributed by atoms with Crippen molar-refractivity contribution in [2.75, 3.05) is 72.7 Å². The van der Waals surface area contributed by atoms with Crippen molar-refractivity contribution in [3.05, 3.63) is 35.4 Å². The van der Waals surface area contributed by atoms with Gasteiger partial charge in [-0.2, -0.15) is 8.42 Å². The Kier molecular flexibility index (Phi) is 18.0. The SMILES string of the molecule is C[C@@H](C(=O)N[C@H](C(=O)N1C[C@@H](OCCOCCOCCOCCOS(C)(=O)=O)C[C@H]1C(=O)N[C@@H]1CCCc2ccccc21)C(C)(C)C)N(C)C(=O)OC(C)(C)C. The molecule has 3 rings (SSSR count). The van der Waals surface area contributed by atoms with E-state index in [9.17, 15) is 27.6 Å². The number of nitrogens with one attached hydrogen (secondary N) is 2. The van der Waals surface area contributed by atoms with Crippen LogP contribution in [0.15, 0.2) is 24.3 Å². The van der Waals surface area contributed by atoms with Crippen LogP contribution in [0.3, 0.4) is 0 Å². The number of aryl methyl sites for hydroxylation is 1. The summed E-state index contributed by atoms with van der Waals surface area (Å²) in [5.41, 5.74) is 0.759. The number of likely N-dealkylation sites (N-methyl/N-ethyl adjacent to an activating group) is 1. The van der Waals surface area contributed by atoms with E-state index < -0.39 is 63.3 Å². The summed E-state index contributed by atoms with van der Waals surface area (Å²) >= 11 is 0. The molecule has 1 aromatic carbocycles. The molecular weight excluding hydrogens is 749 g/mol. The van der Waals surface area contributed by atoms with Crippen LogP contribution < -0.4 is 10.6 Å². The number of rotatable bonds is 20. The van der Waals surface area contributed by atoms with Crippen molar-refractivity contribution in [1.82, 2.24) is 20.4 Å². The summed E-state index contributed by atoms with van der Waals surface area (Å²) < 4.78 is 54.5. The van der Waals surface area contributed by atoms with Crippen molar-refractivity contribution >= 4 is 33.9 Å². The zero-order valence-electron chi connectivity index (χ0n) is 34.6. The van der Waals surface area contributed by atoms with Crippen molar-refractivity contribution in [1.29, 1.82) is 0 Å². The van der Waals surface area contributed by atoms with E-state index in [1.165, 1.54) is 22.4 Å². The third-order valence-corrected chi connectivity index (χ3v) is 10.0. The molecule has 5 atom stereocenters. The smallest absolute Gasteiger partial charge is 0.410 e. The molecule has 2 aliphatic rings. The average molecular weight is 813 g/mol. The zero-order valence-corrected chi connectivity index (χ0v) is 35.4. The summed E-state index contributed by atoms with van der Waals surface area (Å²) in [5, 5.41) is 6.09. The van der Waals surface area contributed by atoms with E-state index in [1.54, 1.807) is 27.7 Å². The fraction of sp³-hybridized carbons (Fsp3) is 0.744. The standard InChI is InChI=1S/C39H64N4O12S/c1-27(42(8)37(47)55-39(5,6)7)34(44)41-33(38(2,3)4)36(46)43-26-29(53-23-21-51-19-17-50-18-20-52-22-24-54-56(9,48)49)25-32(43)35(45)40-31-16-12-14-28-13-10-11-15-30(28)31/h10-11,13,15,27,29,31-33H,12,14,16-26H2,1-9H3,(H,40,45)(H,41,44)/t27-,29-,31+,32-,33+/m0/s1. The molecule has 0 saturated carbocycles. The van der Waals surface area contributed by atoms with Gasteiger partial charge in [0.2, 0.25) is 17.7 Å². The molecule has 1 aromatic rings. The predicted molar refractivity (Wildman–Crippen MR) is 208 cm³/mol. The lowest BCUT2D eigenvalue weighted by Crippen LogP contribution is -2.60. The number of hydrogen-bond donors (Lipinski definition) is 2. The largest absolute Gasteiger partial charge is 0.444 e. The first-order chi connectivity index (χ1) is 26.2. The van der Waals surface area contributed by atoms with E-state index in [0.29, 0.717) is 19.8 Å². The summed E-state index contributed by atoms with van der Waals surface area (Å²) in [7, 11) is -2.03. The van der Waals surface area contributed by atoms with Gasteiger partial charge in [0.05, 0.1) is 71.3 Å². The van der Waals surface area contributed by atoms with Gasteiger partial charge in [0, 0.05) is 20.0 Å². The van der Waals surface area contributed by atoms with Gasteiger partial charge < -0.3 is 39.2 Å². The molecule has 1 heterocycles. The monoisotopic (exact) mass is 812 g/mol. The Hall–Kier alpha value is -3.35. The molecule has 2 N–H and O–H groups in total. The molecule has 0 radical (unpaired) electrons. The Balaban J connectivity index is 1.62. The lowest BCUT2D eigenvalue weighted by Gasteiger charge is -2.37. The van der Waals surface area contributed by atoms with Crippen molar-refractivity contribution < 1.29 is 55.5 Å². The Morgan fingerprint density at radius 1 is 0.911 bits per heavy atom. The second-order valence-electron chi connectivity index (χ2n) is 16.3. The van der Waals surface area contributed by atoms with Gasteiger partial charge in [-0.1, -0.05) is 45.0 Å². The summed E-state index contributed by atoms with van der Waals surface area (Å²) in [6, 6.07) is 5.05. The van der Waals surface area contributed by atoms with Gasteiger partial charge in [0.1, 0.15) is 23.7 Å². The number of likely N-dealkylation sites (tertiary alicyclic amines) is 1. The van der Waals surface area contributed by atoms with Gasteiger partial charge >= 0.3 is 6.09 Å². The van der Waals surface area contributed by atoms with Crippen molar-refractivity contribution in [2.45, 2.75) is 110 Å². The predicted octanol–water partition coefficient (Wildman–Crippen LogP) is 2.98. The molecule has 17 heteroatoms. The van der Waals surface area contributed by atoms with Crippen LogP contribution in [0.2, 0.25) is 0 Å². The first kappa shape index (κ1) is 47.0. The number of benzene rings is 1. The van der Waals surface area contributed by atoms with Gasteiger partial charge in [-0.05, 0) is 63.5 Å². The summed E-state index contributed by atoms with van der Waals surface area (Å²) in [6.45, 7) is 14.1. The van der Waals surface area contributed by atoms with Gasteiger partial charge in [0.15, 0.2) is 0 Å². The first-order valence-electron chi connectivity index (χ1n) is 19.3. The minimum absolute atomic E-state index is 0.0580. The molecular formula is C39H64N4O12S. The molecule has 0 aromatic heterocycles. The summed E-state index contributed by atoms with van der Waals surface area (Å²) in [4.78, 5) is 57.6. The Morgan fingerprint density at radius 2 is 1.50 bits per heavy atom. The fourth-order valence-corrected chi connectivity index (χ4v) is 6.76. The topological polar surface area (TPSA) is 188 Å². The molecule has 4 amide bonds. The van der Waals surface area contributed by atoms with Crippen LogP contribution in [-0.4, -0.2) is 145 Å². The highest BCUT2D eigenvalue weighted by Gasteiger charge is 2.46. The molecule has 1 aliphatic carbocycles. The minimum atomic E-state index is -3.49. The maximum Gasteiger partial charge on any atom is 0.410 e. The molecule has 0 spiro atoms. The van der Waals surface area contributed by atoms with Crippen molar-refractivity contribution in [3.8, 4) is 0 Å². The normalized spacial score (nSPS) is 19.8. The molecule has 0 unspecified atom stereocenters. The molecule has 318 valence electrons. The highest BCUT2D eigenvalue weighted by Crippen LogP contribution is 2.32. The number of fused-ring (bicyclic) bond motifs is 1. The van der Waals surface area contributed by atoms with Crippen LogP contribution in [0, 0.1) is 5.41 Å². The van der Waals surface area contributed by atoms with Crippen molar-refractivity contribution in [2.24, 2.45) is 5.41 Å². The van der Waals surface area contributed by atoms with Crippen LogP contribution in [0.1, 0.15) is 84.9 Å². The molecule has 16 nitrogen and oxygen atoms in total. The Morgan fingerprint density at radius 3 is 2.09 bits per heavy atom. The van der Waals surface area contributed by atoms with E-state index in [1.807, 2.05) is 39.0 Å². The fourth-order valence-electron chi connectivity index (χ4n) is 6.39. The average Bonchev–Trinajstić information content (AvgIpc) is 3.54. The van der Waals surface area contributed by atoms with E-state index in [0.717, 1.165) is 31.1 Å². The zero-order chi connectivity index (χ0) is 41.7. The Bertz CT molecular complexity index is 1560. The van der Waals surface area contributed by atoms with Crippen LogP contribution in [0.5, 0.6) is 0 Å². The van der Waals surface area contributed by atoms with E-state index in [2.05, 4.69) is 20.9 Å². The number of carbonyl (C=O) groups excluding carboxylic acids is 4. The number of carbonyl (C=O) groups is 4. The van der Waals surface area contributed by atoms with Crippen LogP contribution in [0.4, 0.5) is 4.79 Å². The second kappa shape index (κ2) is 21.4. The quantitative estimate of drug-likeness (QED) is 0.145. The first-order valence-corrected chi connectivity index (χ1v) is 21.1. The summed E-state index contributed by atoms with van der Waals surface area (Å²) in [6.07, 6.45) is 2.74. The number of amides is 4. The molecule has 1 fully saturated rings. The number of nitrogens with zero attached hydrogens (tertiary/aromatic N) is 2. The molecule has 56 heavy (non-hydrogen) atoms. The van der Waals surface area contributed by atoms with E-state index >= 15 is 0 Å². The number of hydrogen-bond acceptors (Lipinski definition) is 12. The summed E-state index contributed by atoms with van der Waals surface area (Å²) in [5.74, 6) is -1.25. The highest BCUT2D eigenvalue weighted by atomic mass is 32.2. The highest BCUT2D eigenvalue weighted by molar-refractivity contribution is 7.85. The molecule has 1 saturated heterocycles. The minimum Gasteiger partial charge on any atom is -0.444 e. The number of ether oxygens (including phenoxy) is 5. The lowest BCUT2D eigenvalue weighted by molar-refractivity contribution is -0.144. The van der Waals surface area contributed by atoms with Crippen molar-refractivity contribution in [3.63, 3.8) is 0 Å². The van der Waals surface area contributed by atoms with E-state index in [-0.39, 0.29) is 57.9 Å². The van der Waals surface area contributed by atoms with Gasteiger partial charge in [-0.25, -0.2) is 4.79 Å². The maximum atomic E-state index is 14.5. The lowest BCUT2D eigenvalue weighted by atomic mass is 9.85. The van der Waals surface area contributed by atoms with Crippen LogP contribution in [-0.2, 0) is 58.8 Å². The van der Waals surface area contributed by atoms with Gasteiger partial charge in [-0.15, -0.1) is 0 Å². The third-order valence-electron chi connectivity index (χ3n) is 9.43. The molecule has 1 aliphatic heterocycles. The second-order valence-corrected chi connectivity index (χ2v) is 18.0. The van der Waals surface area contributed by atoms with Crippen LogP contribution in [0.25, 0.3) is 0 Å². The van der Waals surface area contributed by atoms with Crippen LogP contribution >= 0.6 is 0 Å². The van der Waals surface area contributed by atoms with Gasteiger partial charge in [-0.3, -0.25) is 23.5 Å². The van der Waals surface area contributed by atoms with Gasteiger partial charge in [0.25, 0.3) is 10.1 Å². The molecule has 0 bridgehead atoms. The maximum absolute atomic E-state index is 14.5.